The topological polar surface area (TPSA) is 45.8 Å². The summed E-state index contributed by atoms with van der Waals surface area (Å²) < 4.78 is 35.1. The van der Waals surface area contributed by atoms with E-state index in [1.54, 1.807) is 0 Å². The molecule has 0 radical (unpaired) electrons. The van der Waals surface area contributed by atoms with Crippen molar-refractivity contribution in [3.05, 3.63) is 17.7 Å². The first-order valence-corrected chi connectivity index (χ1v) is 3.07. The van der Waals surface area contributed by atoms with Gasteiger partial charge in [0.25, 0.3) is 0 Å². The lowest BCUT2D eigenvalue weighted by atomic mass is 10.4. The van der Waals surface area contributed by atoms with Crippen LogP contribution in [0.2, 0.25) is 0 Å². The quantitative estimate of drug-likeness (QED) is 0.694. The average Bonchev–Trinajstić information content (AvgIpc) is 2.32. The van der Waals surface area contributed by atoms with Crippen LogP contribution in [0.1, 0.15) is 16.3 Å². The van der Waals surface area contributed by atoms with Crippen LogP contribution in [0, 0.1) is 0 Å². The second-order valence-electron chi connectivity index (χ2n) is 2.20. The third-order valence-corrected chi connectivity index (χ3v) is 1.14. The fourth-order valence-corrected chi connectivity index (χ4v) is 0.718. The number of aldehydes is 1. The Bertz CT molecular complexity index is 279. The molecule has 12 heavy (non-hydrogen) atoms. The van der Waals surface area contributed by atoms with E-state index < -0.39 is 12.6 Å². The van der Waals surface area contributed by atoms with E-state index in [1.165, 1.54) is 0 Å². The lowest BCUT2D eigenvalue weighted by Crippen LogP contribution is -2.12. The van der Waals surface area contributed by atoms with E-state index in [-0.39, 0.29) is 11.5 Å². The molecule has 1 aromatic rings. The van der Waals surface area contributed by atoms with Gasteiger partial charge < -0.3 is 4.98 Å². The Hall–Kier alpha value is -1.33. The van der Waals surface area contributed by atoms with Gasteiger partial charge in [-0.1, -0.05) is 0 Å². The van der Waals surface area contributed by atoms with E-state index >= 15 is 0 Å². The molecule has 0 spiro atoms. The zero-order valence-electron chi connectivity index (χ0n) is 5.85. The number of nitrogens with one attached hydrogen (secondary N) is 1. The SMILES string of the molecule is O=Cc1cnc(CC(F)(F)F)[nH]1. The van der Waals surface area contributed by atoms with E-state index in [9.17, 15) is 18.0 Å². The highest BCUT2D eigenvalue weighted by molar-refractivity contribution is 5.71. The van der Waals surface area contributed by atoms with Gasteiger partial charge in [-0.3, -0.25) is 4.79 Å². The van der Waals surface area contributed by atoms with Gasteiger partial charge in [-0.25, -0.2) is 4.98 Å². The van der Waals surface area contributed by atoms with Gasteiger partial charge in [0.1, 0.15) is 12.2 Å². The van der Waals surface area contributed by atoms with Crippen LogP contribution in [-0.2, 0) is 6.42 Å². The Kier molecular flexibility index (Phi) is 2.16. The molecule has 1 aromatic heterocycles. The summed E-state index contributed by atoms with van der Waals surface area (Å²) in [6.07, 6.45) is -3.96. The lowest BCUT2D eigenvalue weighted by molar-refractivity contribution is -0.128. The van der Waals surface area contributed by atoms with Gasteiger partial charge in [-0.05, 0) is 0 Å². The van der Waals surface area contributed by atoms with Crippen molar-refractivity contribution in [2.45, 2.75) is 12.6 Å². The first-order chi connectivity index (χ1) is 5.51. The van der Waals surface area contributed by atoms with Crippen LogP contribution in [0.3, 0.4) is 0 Å². The van der Waals surface area contributed by atoms with Crippen molar-refractivity contribution >= 4 is 6.29 Å². The molecular weight excluding hydrogens is 173 g/mol. The molecule has 3 nitrogen and oxygen atoms in total. The molecule has 0 aromatic carbocycles. The maximum absolute atomic E-state index is 11.7. The lowest BCUT2D eigenvalue weighted by Gasteiger charge is -2.01. The van der Waals surface area contributed by atoms with E-state index in [4.69, 9.17) is 0 Å². The highest BCUT2D eigenvalue weighted by Crippen LogP contribution is 2.19. The Morgan fingerprint density at radius 3 is 2.67 bits per heavy atom. The van der Waals surface area contributed by atoms with Gasteiger partial charge in [0, 0.05) is 0 Å². The number of hydrogen-bond donors (Lipinski definition) is 1. The van der Waals surface area contributed by atoms with Gasteiger partial charge in [0.2, 0.25) is 0 Å². The summed E-state index contributed by atoms with van der Waals surface area (Å²) >= 11 is 0. The predicted molar refractivity (Wildman–Crippen MR) is 33.7 cm³/mol. The number of carbonyl (C=O) groups is 1. The number of aromatic amines is 1. The maximum atomic E-state index is 11.7. The smallest absolute Gasteiger partial charge is 0.340 e. The molecule has 1 N–H and O–H groups in total. The number of carbonyl (C=O) groups excluding carboxylic acids is 1. The summed E-state index contributed by atoms with van der Waals surface area (Å²) in [5, 5.41) is 0. The number of imidazole rings is 1. The van der Waals surface area contributed by atoms with Gasteiger partial charge in [0.15, 0.2) is 6.29 Å². The van der Waals surface area contributed by atoms with E-state index in [0.29, 0.717) is 6.29 Å². The zero-order chi connectivity index (χ0) is 9.19. The van der Waals surface area contributed by atoms with E-state index in [2.05, 4.69) is 9.97 Å². The van der Waals surface area contributed by atoms with Crippen molar-refractivity contribution in [2.24, 2.45) is 0 Å². The van der Waals surface area contributed by atoms with Crippen molar-refractivity contribution in [1.82, 2.24) is 9.97 Å². The molecular formula is C6H5F3N2O. The molecule has 0 aliphatic heterocycles. The standard InChI is InChI=1S/C6H5F3N2O/c7-6(8,9)1-5-10-2-4(3-12)11-5/h2-3H,1H2,(H,10,11). The fourth-order valence-electron chi connectivity index (χ4n) is 0.718. The maximum Gasteiger partial charge on any atom is 0.396 e. The third kappa shape index (κ3) is 2.37. The highest BCUT2D eigenvalue weighted by Gasteiger charge is 2.29. The second-order valence-corrected chi connectivity index (χ2v) is 2.20. The minimum Gasteiger partial charge on any atom is -0.340 e. The van der Waals surface area contributed by atoms with Crippen LogP contribution in [0.5, 0.6) is 0 Å². The largest absolute Gasteiger partial charge is 0.396 e. The average molecular weight is 178 g/mol. The first kappa shape index (κ1) is 8.76. The summed E-state index contributed by atoms with van der Waals surface area (Å²) in [4.78, 5) is 15.6. The molecule has 0 amide bonds. The number of H-pyrrole nitrogens is 1. The minimum absolute atomic E-state index is 0.0502. The van der Waals surface area contributed by atoms with E-state index in [1.807, 2.05) is 0 Å². The molecule has 66 valence electrons. The number of alkyl halides is 3. The summed E-state index contributed by atoms with van der Waals surface area (Å²) in [6, 6.07) is 0. The molecule has 0 fully saturated rings. The Balaban J connectivity index is 2.70. The molecule has 0 aliphatic carbocycles. The number of nitrogens with zero attached hydrogens (tertiary/aromatic N) is 1. The molecule has 1 heterocycles. The van der Waals surface area contributed by atoms with Crippen LogP contribution in [0.25, 0.3) is 0 Å². The molecule has 0 saturated carbocycles. The molecule has 6 heteroatoms. The third-order valence-electron chi connectivity index (χ3n) is 1.14. The normalized spacial score (nSPS) is 11.6. The second kappa shape index (κ2) is 2.96. The van der Waals surface area contributed by atoms with Crippen LogP contribution in [0.4, 0.5) is 13.2 Å². The summed E-state index contributed by atoms with van der Waals surface area (Å²) in [7, 11) is 0. The number of halogens is 3. The van der Waals surface area contributed by atoms with Crippen molar-refractivity contribution in [3.8, 4) is 0 Å². The van der Waals surface area contributed by atoms with Crippen molar-refractivity contribution < 1.29 is 18.0 Å². The van der Waals surface area contributed by atoms with Crippen LogP contribution >= 0.6 is 0 Å². The molecule has 0 saturated heterocycles. The number of hydrogen-bond acceptors (Lipinski definition) is 2. The van der Waals surface area contributed by atoms with Crippen molar-refractivity contribution in [3.63, 3.8) is 0 Å². The Morgan fingerprint density at radius 2 is 2.25 bits per heavy atom. The monoisotopic (exact) mass is 178 g/mol. The highest BCUT2D eigenvalue weighted by atomic mass is 19.4. The van der Waals surface area contributed by atoms with Crippen LogP contribution in [-0.4, -0.2) is 22.4 Å². The van der Waals surface area contributed by atoms with Crippen LogP contribution in [0.15, 0.2) is 6.20 Å². The number of aromatic nitrogens is 2. The van der Waals surface area contributed by atoms with Gasteiger partial charge >= 0.3 is 6.18 Å². The minimum atomic E-state index is -4.29. The van der Waals surface area contributed by atoms with Crippen molar-refractivity contribution in [2.75, 3.05) is 0 Å². The zero-order valence-corrected chi connectivity index (χ0v) is 5.85. The van der Waals surface area contributed by atoms with E-state index in [0.717, 1.165) is 6.20 Å². The molecule has 1 rings (SSSR count). The molecule has 0 aliphatic rings. The summed E-state index contributed by atoms with van der Waals surface area (Å²) in [5.41, 5.74) is 0.0502. The summed E-state index contributed by atoms with van der Waals surface area (Å²) in [5.74, 6) is -0.246. The summed E-state index contributed by atoms with van der Waals surface area (Å²) in [6.45, 7) is 0. The van der Waals surface area contributed by atoms with Gasteiger partial charge in [0.05, 0.1) is 11.9 Å². The van der Waals surface area contributed by atoms with Crippen LogP contribution < -0.4 is 0 Å². The predicted octanol–water partition coefficient (Wildman–Crippen LogP) is 1.33. The molecule has 0 atom stereocenters. The Labute approximate surface area is 65.6 Å². The molecule has 0 bridgehead atoms. The molecule has 0 unspecified atom stereocenters. The first-order valence-electron chi connectivity index (χ1n) is 3.07. The number of rotatable bonds is 2. The van der Waals surface area contributed by atoms with Gasteiger partial charge in [-0.2, -0.15) is 13.2 Å². The fraction of sp³-hybridized carbons (Fsp3) is 0.333. The van der Waals surface area contributed by atoms with Crippen molar-refractivity contribution in [1.29, 1.82) is 0 Å². The van der Waals surface area contributed by atoms with Gasteiger partial charge in [-0.15, -0.1) is 0 Å². The Morgan fingerprint density at radius 1 is 1.58 bits per heavy atom.